The average molecular weight is 302 g/mol. The van der Waals surface area contributed by atoms with Crippen LogP contribution in [0.3, 0.4) is 0 Å². The zero-order valence-corrected chi connectivity index (χ0v) is 11.7. The maximum Gasteiger partial charge on any atom is 0.328 e. The highest BCUT2D eigenvalue weighted by atomic mass is 79.9. The van der Waals surface area contributed by atoms with Crippen molar-refractivity contribution in [3.63, 3.8) is 0 Å². The average Bonchev–Trinajstić information content (AvgIpc) is 2.35. The van der Waals surface area contributed by atoms with Gasteiger partial charge in [0.15, 0.2) is 0 Å². The molecular weight excluding hydrogens is 286 g/mol. The smallest absolute Gasteiger partial charge is 0.328 e. The summed E-state index contributed by atoms with van der Waals surface area (Å²) in [5.74, 6) is 0.407. The number of halogens is 1. The third-order valence-electron chi connectivity index (χ3n) is 2.39. The zero-order valence-electron chi connectivity index (χ0n) is 10.1. The Labute approximate surface area is 109 Å². The third kappa shape index (κ3) is 3.63. The van der Waals surface area contributed by atoms with Gasteiger partial charge in [-0.05, 0) is 24.6 Å². The molecule has 0 spiro atoms. The van der Waals surface area contributed by atoms with E-state index in [4.69, 9.17) is 9.47 Å². The van der Waals surface area contributed by atoms with Crippen molar-refractivity contribution in [2.24, 2.45) is 0 Å². The van der Waals surface area contributed by atoms with E-state index in [9.17, 15) is 4.79 Å². The lowest BCUT2D eigenvalue weighted by Crippen LogP contribution is -2.30. The van der Waals surface area contributed by atoms with Gasteiger partial charge in [0.05, 0.1) is 19.9 Å². The number of ether oxygens (including phenoxy) is 2. The molecule has 17 heavy (non-hydrogen) atoms. The number of methoxy groups -OCH3 is 2. The third-order valence-corrected chi connectivity index (χ3v) is 2.88. The summed E-state index contributed by atoms with van der Waals surface area (Å²) < 4.78 is 10.9. The first-order valence-electron chi connectivity index (χ1n) is 5.30. The molecule has 0 aliphatic rings. The molecule has 0 aliphatic heterocycles. The Hall–Kier alpha value is -1.23. The minimum Gasteiger partial charge on any atom is -0.495 e. The molecule has 0 bridgehead atoms. The highest BCUT2D eigenvalue weighted by molar-refractivity contribution is 9.10. The molecular formula is C12H16BrNO3. The van der Waals surface area contributed by atoms with Gasteiger partial charge >= 0.3 is 5.97 Å². The molecule has 94 valence electrons. The monoisotopic (exact) mass is 301 g/mol. The van der Waals surface area contributed by atoms with Gasteiger partial charge < -0.3 is 14.8 Å². The number of hydrogen-bond donors (Lipinski definition) is 1. The quantitative estimate of drug-likeness (QED) is 0.850. The number of carbonyl (C=O) groups is 1. The van der Waals surface area contributed by atoms with Crippen LogP contribution in [0, 0.1) is 0 Å². The summed E-state index contributed by atoms with van der Waals surface area (Å²) in [5.41, 5.74) is 0.763. The van der Waals surface area contributed by atoms with E-state index in [2.05, 4.69) is 21.2 Å². The van der Waals surface area contributed by atoms with Gasteiger partial charge in [-0.25, -0.2) is 4.79 Å². The van der Waals surface area contributed by atoms with Crippen molar-refractivity contribution < 1.29 is 14.3 Å². The van der Waals surface area contributed by atoms with Crippen molar-refractivity contribution >= 4 is 27.6 Å². The van der Waals surface area contributed by atoms with E-state index in [1.807, 2.05) is 25.1 Å². The molecule has 1 aromatic rings. The molecule has 0 saturated heterocycles. The number of nitrogens with one attached hydrogen (secondary N) is 1. The molecule has 5 heteroatoms. The summed E-state index contributed by atoms with van der Waals surface area (Å²) in [7, 11) is 2.97. The van der Waals surface area contributed by atoms with Gasteiger partial charge in [0.2, 0.25) is 0 Å². The van der Waals surface area contributed by atoms with Gasteiger partial charge in [-0.2, -0.15) is 0 Å². The maximum absolute atomic E-state index is 11.5. The van der Waals surface area contributed by atoms with Crippen LogP contribution in [-0.4, -0.2) is 26.2 Å². The Morgan fingerprint density at radius 1 is 1.47 bits per heavy atom. The highest BCUT2D eigenvalue weighted by Crippen LogP contribution is 2.28. The fourth-order valence-electron chi connectivity index (χ4n) is 1.45. The number of anilines is 1. The first kappa shape index (κ1) is 13.8. The van der Waals surface area contributed by atoms with Crippen molar-refractivity contribution in [2.75, 3.05) is 19.5 Å². The van der Waals surface area contributed by atoms with Crippen LogP contribution < -0.4 is 10.1 Å². The first-order chi connectivity index (χ1) is 8.12. The number of rotatable bonds is 5. The van der Waals surface area contributed by atoms with Gasteiger partial charge in [-0.3, -0.25) is 0 Å². The lowest BCUT2D eigenvalue weighted by molar-refractivity contribution is -0.141. The topological polar surface area (TPSA) is 47.6 Å². The van der Waals surface area contributed by atoms with Gasteiger partial charge in [-0.15, -0.1) is 0 Å². The molecule has 0 aromatic heterocycles. The fourth-order valence-corrected chi connectivity index (χ4v) is 1.81. The van der Waals surface area contributed by atoms with E-state index < -0.39 is 0 Å². The Balaban J connectivity index is 2.92. The molecule has 4 nitrogen and oxygen atoms in total. The Bertz CT molecular complexity index is 395. The molecule has 1 N–H and O–H groups in total. The summed E-state index contributed by atoms with van der Waals surface area (Å²) >= 11 is 3.38. The molecule has 0 saturated carbocycles. The number of carbonyl (C=O) groups excluding carboxylic acids is 1. The van der Waals surface area contributed by atoms with E-state index >= 15 is 0 Å². The van der Waals surface area contributed by atoms with Gasteiger partial charge in [0.25, 0.3) is 0 Å². The van der Waals surface area contributed by atoms with Crippen LogP contribution in [0.25, 0.3) is 0 Å². The molecule has 1 aromatic carbocycles. The molecule has 1 rings (SSSR count). The second kappa shape index (κ2) is 6.49. The standard InChI is InChI=1S/C12H16BrNO3/c1-4-9(12(15)17-3)14-10-7-8(13)5-6-11(10)16-2/h5-7,9,14H,4H2,1-3H3. The number of esters is 1. The van der Waals surface area contributed by atoms with Crippen LogP contribution in [0.5, 0.6) is 5.75 Å². The summed E-state index contributed by atoms with van der Waals surface area (Å²) in [4.78, 5) is 11.5. The van der Waals surface area contributed by atoms with Crippen LogP contribution >= 0.6 is 15.9 Å². The second-order valence-corrected chi connectivity index (χ2v) is 4.39. The van der Waals surface area contributed by atoms with Crippen molar-refractivity contribution in [3.05, 3.63) is 22.7 Å². The summed E-state index contributed by atoms with van der Waals surface area (Å²) in [6.07, 6.45) is 0.641. The Kier molecular flexibility index (Phi) is 5.28. The van der Waals surface area contributed by atoms with Crippen molar-refractivity contribution in [2.45, 2.75) is 19.4 Å². The highest BCUT2D eigenvalue weighted by Gasteiger charge is 2.18. The van der Waals surface area contributed by atoms with Crippen LogP contribution in [0.2, 0.25) is 0 Å². The van der Waals surface area contributed by atoms with Crippen LogP contribution in [0.1, 0.15) is 13.3 Å². The molecule has 0 amide bonds. The lowest BCUT2D eigenvalue weighted by Gasteiger charge is -2.18. The predicted molar refractivity (Wildman–Crippen MR) is 70.4 cm³/mol. The number of hydrogen-bond acceptors (Lipinski definition) is 4. The first-order valence-corrected chi connectivity index (χ1v) is 6.09. The van der Waals surface area contributed by atoms with Gasteiger partial charge in [0, 0.05) is 4.47 Å². The van der Waals surface area contributed by atoms with Gasteiger partial charge in [-0.1, -0.05) is 22.9 Å². The fraction of sp³-hybridized carbons (Fsp3) is 0.417. The summed E-state index contributed by atoms with van der Waals surface area (Å²) in [6, 6.07) is 5.20. The van der Waals surface area contributed by atoms with Crippen LogP contribution in [0.4, 0.5) is 5.69 Å². The van der Waals surface area contributed by atoms with E-state index in [-0.39, 0.29) is 12.0 Å². The molecule has 0 heterocycles. The zero-order chi connectivity index (χ0) is 12.8. The molecule has 1 unspecified atom stereocenters. The minimum absolute atomic E-state index is 0.283. The molecule has 0 radical (unpaired) electrons. The van der Waals surface area contributed by atoms with E-state index in [1.165, 1.54) is 7.11 Å². The van der Waals surface area contributed by atoms with E-state index in [0.29, 0.717) is 12.2 Å². The van der Waals surface area contributed by atoms with Crippen molar-refractivity contribution in [1.29, 1.82) is 0 Å². The van der Waals surface area contributed by atoms with Gasteiger partial charge in [0.1, 0.15) is 11.8 Å². The van der Waals surface area contributed by atoms with E-state index in [0.717, 1.165) is 10.2 Å². The second-order valence-electron chi connectivity index (χ2n) is 3.47. The SMILES string of the molecule is CCC(Nc1cc(Br)ccc1OC)C(=O)OC. The van der Waals surface area contributed by atoms with Crippen LogP contribution in [-0.2, 0) is 9.53 Å². The molecule has 0 aliphatic carbocycles. The summed E-state index contributed by atoms with van der Waals surface area (Å²) in [5, 5.41) is 3.11. The van der Waals surface area contributed by atoms with Crippen molar-refractivity contribution in [1.82, 2.24) is 0 Å². The Morgan fingerprint density at radius 3 is 2.71 bits per heavy atom. The largest absolute Gasteiger partial charge is 0.495 e. The molecule has 1 atom stereocenters. The number of benzene rings is 1. The maximum atomic E-state index is 11.5. The Morgan fingerprint density at radius 2 is 2.18 bits per heavy atom. The normalized spacial score (nSPS) is 11.8. The lowest BCUT2D eigenvalue weighted by atomic mass is 10.2. The minimum atomic E-state index is -0.372. The summed E-state index contributed by atoms with van der Waals surface area (Å²) in [6.45, 7) is 1.92. The van der Waals surface area contributed by atoms with Crippen LogP contribution in [0.15, 0.2) is 22.7 Å². The molecule has 0 fully saturated rings. The predicted octanol–water partition coefficient (Wildman–Crippen LogP) is 2.82. The van der Waals surface area contributed by atoms with Crippen molar-refractivity contribution in [3.8, 4) is 5.75 Å². The van der Waals surface area contributed by atoms with E-state index in [1.54, 1.807) is 7.11 Å².